The topological polar surface area (TPSA) is 111 Å². The van der Waals surface area contributed by atoms with Gasteiger partial charge in [-0.3, -0.25) is 14.5 Å². The Morgan fingerprint density at radius 3 is 2.71 bits per heavy atom. The van der Waals surface area contributed by atoms with Crippen LogP contribution in [0, 0.1) is 0 Å². The maximum absolute atomic E-state index is 11.9. The molecular formula is C26H25N7O2. The summed E-state index contributed by atoms with van der Waals surface area (Å²) in [5.74, 6) is 2.62. The summed E-state index contributed by atoms with van der Waals surface area (Å²) in [4.78, 5) is 16.4. The number of aromatic nitrogens is 6. The van der Waals surface area contributed by atoms with Crippen molar-refractivity contribution in [2.45, 2.75) is 26.3 Å². The summed E-state index contributed by atoms with van der Waals surface area (Å²) in [6.45, 7) is 3.79. The van der Waals surface area contributed by atoms with Gasteiger partial charge in [0, 0.05) is 29.6 Å². The monoisotopic (exact) mass is 467 g/mol. The van der Waals surface area contributed by atoms with Gasteiger partial charge in [0.25, 0.3) is 5.91 Å². The molecule has 0 saturated heterocycles. The van der Waals surface area contributed by atoms with Crippen LogP contribution in [0.5, 0.6) is 5.75 Å². The minimum Gasteiger partial charge on any atom is -0.484 e. The summed E-state index contributed by atoms with van der Waals surface area (Å²) in [6.07, 6.45) is 4.14. The molecule has 0 unspecified atom stereocenters. The molecule has 35 heavy (non-hydrogen) atoms. The van der Waals surface area contributed by atoms with Crippen LogP contribution >= 0.6 is 0 Å². The Morgan fingerprint density at radius 2 is 1.94 bits per heavy atom. The summed E-state index contributed by atoms with van der Waals surface area (Å²) in [5, 5.41) is 19.9. The molecule has 3 aromatic heterocycles. The Balaban J connectivity index is 1.43. The zero-order valence-electron chi connectivity index (χ0n) is 19.5. The van der Waals surface area contributed by atoms with Gasteiger partial charge in [-0.2, -0.15) is 5.10 Å². The first-order valence-electron chi connectivity index (χ1n) is 11.4. The van der Waals surface area contributed by atoms with Crippen LogP contribution in [0.2, 0.25) is 0 Å². The molecule has 0 fully saturated rings. The number of amides is 1. The van der Waals surface area contributed by atoms with E-state index in [4.69, 9.17) is 4.74 Å². The molecule has 0 aliphatic carbocycles. The van der Waals surface area contributed by atoms with Crippen LogP contribution < -0.4 is 10.1 Å². The maximum atomic E-state index is 11.9. The highest BCUT2D eigenvalue weighted by molar-refractivity contribution is 5.78. The van der Waals surface area contributed by atoms with Crippen LogP contribution in [0.15, 0.2) is 73.1 Å². The average Bonchev–Trinajstić information content (AvgIpc) is 3.50. The number of hydrogen-bond donors (Lipinski definition) is 2. The normalized spacial score (nSPS) is 11.2. The fraction of sp³-hybridized carbons (Fsp3) is 0.192. The van der Waals surface area contributed by atoms with Crippen LogP contribution in [-0.2, 0) is 11.2 Å². The number of benzene rings is 2. The van der Waals surface area contributed by atoms with Crippen LogP contribution in [-0.4, -0.2) is 48.5 Å². The van der Waals surface area contributed by atoms with E-state index >= 15 is 0 Å². The predicted octanol–water partition coefficient (Wildman–Crippen LogP) is 3.70. The summed E-state index contributed by atoms with van der Waals surface area (Å²) in [5.41, 5.74) is 2.95. The van der Waals surface area contributed by atoms with Gasteiger partial charge in [-0.15, -0.1) is 10.2 Å². The summed E-state index contributed by atoms with van der Waals surface area (Å²) in [7, 11) is 0. The number of hydrogen-bond acceptors (Lipinski definition) is 6. The number of nitrogens with zero attached hydrogens (tertiary/aromatic N) is 5. The van der Waals surface area contributed by atoms with Gasteiger partial charge in [0.15, 0.2) is 12.4 Å². The number of pyridine rings is 1. The van der Waals surface area contributed by atoms with Crippen LogP contribution in [0.4, 0.5) is 0 Å². The van der Waals surface area contributed by atoms with Gasteiger partial charge in [-0.05, 0) is 67.9 Å². The van der Waals surface area contributed by atoms with E-state index in [9.17, 15) is 4.79 Å². The van der Waals surface area contributed by atoms with E-state index in [-0.39, 0.29) is 18.6 Å². The van der Waals surface area contributed by atoms with E-state index in [1.54, 1.807) is 6.20 Å². The Morgan fingerprint density at radius 1 is 1.09 bits per heavy atom. The lowest BCUT2D eigenvalue weighted by Gasteiger charge is -2.11. The third-order valence-electron chi connectivity index (χ3n) is 5.41. The van der Waals surface area contributed by atoms with Crippen LogP contribution in [0.3, 0.4) is 0 Å². The number of aromatic amines is 1. The summed E-state index contributed by atoms with van der Waals surface area (Å²) in [6, 6.07) is 19.4. The maximum Gasteiger partial charge on any atom is 0.258 e. The van der Waals surface area contributed by atoms with Gasteiger partial charge in [0.2, 0.25) is 0 Å². The van der Waals surface area contributed by atoms with E-state index in [1.807, 2.05) is 73.1 Å². The van der Waals surface area contributed by atoms with Gasteiger partial charge in [-0.25, -0.2) is 4.98 Å². The average molecular weight is 468 g/mol. The van der Waals surface area contributed by atoms with E-state index in [1.165, 1.54) is 0 Å². The molecule has 3 heterocycles. The molecule has 9 heteroatoms. The first-order valence-corrected chi connectivity index (χ1v) is 11.4. The first-order chi connectivity index (χ1) is 17.1. The van der Waals surface area contributed by atoms with Crippen molar-refractivity contribution < 1.29 is 9.53 Å². The molecule has 0 radical (unpaired) electrons. The number of fused-ring (bicyclic) bond motifs is 1. The molecule has 0 saturated carbocycles. The van der Waals surface area contributed by atoms with Gasteiger partial charge in [0.1, 0.15) is 17.4 Å². The van der Waals surface area contributed by atoms with Crippen molar-refractivity contribution >= 4 is 16.8 Å². The second-order valence-electron chi connectivity index (χ2n) is 8.47. The van der Waals surface area contributed by atoms with Crippen molar-refractivity contribution in [1.82, 2.24) is 35.3 Å². The number of nitrogens with one attached hydrogen (secondary N) is 2. The highest BCUT2D eigenvalue weighted by Gasteiger charge is 2.17. The molecule has 176 valence electrons. The molecule has 0 spiro atoms. The van der Waals surface area contributed by atoms with Gasteiger partial charge < -0.3 is 10.1 Å². The molecule has 9 nitrogen and oxygen atoms in total. The number of H-pyrrole nitrogens is 1. The van der Waals surface area contributed by atoms with Crippen LogP contribution in [0.1, 0.15) is 25.2 Å². The Bertz CT molecular complexity index is 1440. The fourth-order valence-corrected chi connectivity index (χ4v) is 3.84. The largest absolute Gasteiger partial charge is 0.484 e. The lowest BCUT2D eigenvalue weighted by Crippen LogP contribution is -2.34. The number of carbonyl (C=O) groups is 1. The highest BCUT2D eigenvalue weighted by atomic mass is 16.5. The molecule has 0 bridgehead atoms. The quantitative estimate of drug-likeness (QED) is 0.360. The molecule has 0 atom stereocenters. The standard InChI is InChI=1S/C26H25N7O2/c1-17(2)29-25(34)16-35-21-9-7-19(8-10-21)26-32-31-24(33(26)23-5-3-4-12-27-23)14-18-6-11-22-20(13-18)15-28-30-22/h3-13,15,17H,14,16H2,1-2H3,(H,28,30)(H,29,34). The van der Waals surface area contributed by atoms with Crippen molar-refractivity contribution in [2.24, 2.45) is 0 Å². The molecule has 2 aromatic carbocycles. The third kappa shape index (κ3) is 5.03. The predicted molar refractivity (Wildman–Crippen MR) is 132 cm³/mol. The zero-order chi connectivity index (χ0) is 24.2. The Labute approximate surface area is 202 Å². The SMILES string of the molecule is CC(C)NC(=O)COc1ccc(-c2nnc(Cc3ccc4[nH]ncc4c3)n2-c2ccccn2)cc1. The molecule has 0 aliphatic rings. The van der Waals surface area contributed by atoms with E-state index < -0.39 is 0 Å². The number of rotatable bonds is 8. The minimum absolute atomic E-state index is 0.0349. The molecular weight excluding hydrogens is 442 g/mol. The summed E-state index contributed by atoms with van der Waals surface area (Å²) < 4.78 is 7.58. The molecule has 5 aromatic rings. The van der Waals surface area contributed by atoms with Crippen molar-refractivity contribution in [3.8, 4) is 23.0 Å². The Kier molecular flexibility index (Phi) is 6.21. The molecule has 1 amide bonds. The van der Waals surface area contributed by atoms with Gasteiger partial charge >= 0.3 is 0 Å². The summed E-state index contributed by atoms with van der Waals surface area (Å²) >= 11 is 0. The second-order valence-corrected chi connectivity index (χ2v) is 8.47. The lowest BCUT2D eigenvalue weighted by molar-refractivity contribution is -0.123. The molecule has 0 aliphatic heterocycles. The van der Waals surface area contributed by atoms with Crippen LogP contribution in [0.25, 0.3) is 28.1 Å². The van der Waals surface area contributed by atoms with E-state index in [0.29, 0.717) is 18.0 Å². The Hall–Kier alpha value is -4.53. The third-order valence-corrected chi connectivity index (χ3v) is 5.41. The minimum atomic E-state index is -0.155. The van der Waals surface area contributed by atoms with Gasteiger partial charge in [0.05, 0.1) is 11.7 Å². The van der Waals surface area contributed by atoms with Crippen molar-refractivity contribution in [2.75, 3.05) is 6.61 Å². The highest BCUT2D eigenvalue weighted by Crippen LogP contribution is 2.26. The van der Waals surface area contributed by atoms with Crippen molar-refractivity contribution in [1.29, 1.82) is 0 Å². The molecule has 5 rings (SSSR count). The fourth-order valence-electron chi connectivity index (χ4n) is 3.84. The van der Waals surface area contributed by atoms with Crippen molar-refractivity contribution in [3.63, 3.8) is 0 Å². The van der Waals surface area contributed by atoms with Gasteiger partial charge in [-0.1, -0.05) is 12.1 Å². The van der Waals surface area contributed by atoms with Crippen molar-refractivity contribution in [3.05, 3.63) is 84.4 Å². The smallest absolute Gasteiger partial charge is 0.258 e. The van der Waals surface area contributed by atoms with E-state index in [2.05, 4.69) is 42.8 Å². The first kappa shape index (κ1) is 22.3. The number of ether oxygens (including phenoxy) is 1. The zero-order valence-corrected chi connectivity index (χ0v) is 19.5. The number of carbonyl (C=O) groups excluding carboxylic acids is 1. The molecule has 2 N–H and O–H groups in total. The van der Waals surface area contributed by atoms with E-state index in [0.717, 1.165) is 33.7 Å². The lowest BCUT2D eigenvalue weighted by atomic mass is 10.1. The second kappa shape index (κ2) is 9.76.